The summed E-state index contributed by atoms with van der Waals surface area (Å²) in [5.41, 5.74) is 1.09. The van der Waals surface area contributed by atoms with Crippen molar-refractivity contribution in [2.75, 3.05) is 0 Å². The molecule has 1 aliphatic carbocycles. The van der Waals surface area contributed by atoms with Crippen molar-refractivity contribution in [3.63, 3.8) is 0 Å². The molecular formula is C16H24N2. The molecule has 1 aromatic heterocycles. The number of nitriles is 1. The van der Waals surface area contributed by atoms with E-state index in [4.69, 9.17) is 0 Å². The Kier molecular flexibility index (Phi) is 3.52. The van der Waals surface area contributed by atoms with Crippen molar-refractivity contribution in [2.24, 2.45) is 0 Å². The molecule has 1 aromatic rings. The lowest BCUT2D eigenvalue weighted by Crippen LogP contribution is -2.35. The molecule has 0 unspecified atom stereocenters. The quantitative estimate of drug-likeness (QED) is 0.776. The fraction of sp³-hybridized carbons (Fsp3) is 0.688. The van der Waals surface area contributed by atoms with Crippen LogP contribution in [0.1, 0.15) is 65.0 Å². The van der Waals surface area contributed by atoms with E-state index >= 15 is 0 Å². The van der Waals surface area contributed by atoms with Crippen LogP contribution in [0, 0.1) is 11.3 Å². The van der Waals surface area contributed by atoms with Crippen molar-refractivity contribution in [1.29, 1.82) is 5.26 Å². The fourth-order valence-electron chi connectivity index (χ4n) is 3.05. The molecule has 1 heterocycles. The van der Waals surface area contributed by atoms with Crippen molar-refractivity contribution in [2.45, 2.75) is 70.3 Å². The van der Waals surface area contributed by atoms with Gasteiger partial charge in [0, 0.05) is 17.4 Å². The van der Waals surface area contributed by atoms with E-state index in [1.54, 1.807) is 0 Å². The molecule has 0 bridgehead atoms. The Morgan fingerprint density at radius 3 is 2.56 bits per heavy atom. The van der Waals surface area contributed by atoms with Crippen LogP contribution >= 0.6 is 0 Å². The Morgan fingerprint density at radius 1 is 1.33 bits per heavy atom. The van der Waals surface area contributed by atoms with Crippen LogP contribution in [0.2, 0.25) is 0 Å². The molecule has 18 heavy (non-hydrogen) atoms. The standard InChI is InChI=1S/C16H24N2/c1-4-15(2,3)18-12-8-9-14(18)16(13-17)10-6-5-7-11-16/h8-9,12H,4-7,10-11H2,1-3H3. The number of nitrogens with zero attached hydrogens (tertiary/aromatic N) is 2. The molecule has 0 atom stereocenters. The number of hydrogen-bond donors (Lipinski definition) is 0. The van der Waals surface area contributed by atoms with Gasteiger partial charge in [0.15, 0.2) is 0 Å². The van der Waals surface area contributed by atoms with Gasteiger partial charge in [0.25, 0.3) is 0 Å². The van der Waals surface area contributed by atoms with Gasteiger partial charge in [-0.25, -0.2) is 0 Å². The van der Waals surface area contributed by atoms with Gasteiger partial charge in [-0.3, -0.25) is 0 Å². The lowest BCUT2D eigenvalue weighted by Gasteiger charge is -2.36. The van der Waals surface area contributed by atoms with Crippen molar-refractivity contribution in [1.82, 2.24) is 4.57 Å². The second kappa shape index (κ2) is 4.80. The smallest absolute Gasteiger partial charge is 0.0973 e. The summed E-state index contributed by atoms with van der Waals surface area (Å²) in [5, 5.41) is 9.71. The van der Waals surface area contributed by atoms with Crippen LogP contribution in [0.25, 0.3) is 0 Å². The molecule has 0 saturated heterocycles. The van der Waals surface area contributed by atoms with Gasteiger partial charge in [0.1, 0.15) is 0 Å². The van der Waals surface area contributed by atoms with E-state index in [2.05, 4.69) is 49.7 Å². The zero-order valence-corrected chi connectivity index (χ0v) is 11.9. The highest BCUT2D eigenvalue weighted by molar-refractivity contribution is 5.30. The summed E-state index contributed by atoms with van der Waals surface area (Å²) in [4.78, 5) is 0. The summed E-state index contributed by atoms with van der Waals surface area (Å²) in [6.07, 6.45) is 8.92. The predicted molar refractivity (Wildman–Crippen MR) is 74.4 cm³/mol. The average molecular weight is 244 g/mol. The van der Waals surface area contributed by atoms with Crippen LogP contribution < -0.4 is 0 Å². The number of hydrogen-bond acceptors (Lipinski definition) is 1. The highest BCUT2D eigenvalue weighted by Crippen LogP contribution is 2.41. The van der Waals surface area contributed by atoms with Gasteiger partial charge in [-0.15, -0.1) is 0 Å². The largest absolute Gasteiger partial charge is 0.344 e. The summed E-state index contributed by atoms with van der Waals surface area (Å²) in [5.74, 6) is 0. The topological polar surface area (TPSA) is 28.7 Å². The molecule has 1 aliphatic rings. The zero-order valence-electron chi connectivity index (χ0n) is 11.9. The summed E-state index contributed by atoms with van der Waals surface area (Å²) in [6.45, 7) is 6.72. The zero-order chi connectivity index (χ0) is 13.2. The Bertz CT molecular complexity index is 442. The molecule has 0 aromatic carbocycles. The van der Waals surface area contributed by atoms with Crippen LogP contribution in [0.3, 0.4) is 0 Å². The van der Waals surface area contributed by atoms with Gasteiger partial charge in [0.05, 0.1) is 11.5 Å². The molecule has 1 saturated carbocycles. The van der Waals surface area contributed by atoms with E-state index in [1.807, 2.05) is 0 Å². The Morgan fingerprint density at radius 2 is 2.00 bits per heavy atom. The monoisotopic (exact) mass is 244 g/mol. The Balaban J connectivity index is 2.45. The van der Waals surface area contributed by atoms with Gasteiger partial charge in [-0.2, -0.15) is 5.26 Å². The molecule has 2 rings (SSSR count). The third-order valence-electron chi connectivity index (χ3n) is 4.68. The first-order valence-corrected chi connectivity index (χ1v) is 7.15. The van der Waals surface area contributed by atoms with Crippen molar-refractivity contribution >= 4 is 0 Å². The van der Waals surface area contributed by atoms with Crippen LogP contribution in [-0.4, -0.2) is 4.57 Å². The molecular weight excluding hydrogens is 220 g/mol. The van der Waals surface area contributed by atoms with Crippen molar-refractivity contribution in [3.05, 3.63) is 24.0 Å². The maximum atomic E-state index is 9.71. The summed E-state index contributed by atoms with van der Waals surface area (Å²) in [6, 6.07) is 6.89. The van der Waals surface area contributed by atoms with Gasteiger partial charge < -0.3 is 4.57 Å². The van der Waals surface area contributed by atoms with E-state index in [0.717, 1.165) is 19.3 Å². The van der Waals surface area contributed by atoms with Crippen LogP contribution in [0.5, 0.6) is 0 Å². The first-order valence-electron chi connectivity index (χ1n) is 7.15. The third kappa shape index (κ3) is 2.07. The second-order valence-electron chi connectivity index (χ2n) is 6.18. The van der Waals surface area contributed by atoms with E-state index < -0.39 is 0 Å². The summed E-state index contributed by atoms with van der Waals surface area (Å²) < 4.78 is 2.33. The molecule has 1 fully saturated rings. The SMILES string of the molecule is CCC(C)(C)n1cccc1C1(C#N)CCCCC1. The van der Waals surface area contributed by atoms with E-state index in [1.165, 1.54) is 25.0 Å². The number of rotatable bonds is 3. The van der Waals surface area contributed by atoms with Gasteiger partial charge in [-0.1, -0.05) is 26.2 Å². The lowest BCUT2D eigenvalue weighted by atomic mass is 9.72. The second-order valence-corrected chi connectivity index (χ2v) is 6.18. The average Bonchev–Trinajstić information content (AvgIpc) is 2.90. The highest BCUT2D eigenvalue weighted by Gasteiger charge is 2.38. The molecule has 0 spiro atoms. The molecule has 2 heteroatoms. The molecule has 0 radical (unpaired) electrons. The molecule has 0 N–H and O–H groups in total. The normalized spacial score (nSPS) is 19.4. The van der Waals surface area contributed by atoms with E-state index in [-0.39, 0.29) is 11.0 Å². The van der Waals surface area contributed by atoms with Gasteiger partial charge >= 0.3 is 0 Å². The summed E-state index contributed by atoms with van der Waals surface area (Å²) >= 11 is 0. The minimum atomic E-state index is -0.242. The maximum Gasteiger partial charge on any atom is 0.0973 e. The van der Waals surface area contributed by atoms with E-state index in [0.29, 0.717) is 0 Å². The minimum Gasteiger partial charge on any atom is -0.344 e. The fourth-order valence-corrected chi connectivity index (χ4v) is 3.05. The van der Waals surface area contributed by atoms with Crippen molar-refractivity contribution in [3.8, 4) is 6.07 Å². The third-order valence-corrected chi connectivity index (χ3v) is 4.68. The first kappa shape index (κ1) is 13.2. The molecule has 0 amide bonds. The predicted octanol–water partition coefficient (Wildman–Crippen LogP) is 4.36. The summed E-state index contributed by atoms with van der Waals surface area (Å²) in [7, 11) is 0. The van der Waals surface area contributed by atoms with Crippen molar-refractivity contribution < 1.29 is 0 Å². The van der Waals surface area contributed by atoms with Crippen LogP contribution in [0.15, 0.2) is 18.3 Å². The molecule has 98 valence electrons. The lowest BCUT2D eigenvalue weighted by molar-refractivity contribution is 0.287. The highest BCUT2D eigenvalue weighted by atomic mass is 15.1. The maximum absolute atomic E-state index is 9.71. The first-order chi connectivity index (χ1) is 8.56. The Labute approximate surface area is 111 Å². The van der Waals surface area contributed by atoms with E-state index in [9.17, 15) is 5.26 Å². The Hall–Kier alpha value is -1.23. The van der Waals surface area contributed by atoms with Gasteiger partial charge in [0.2, 0.25) is 0 Å². The van der Waals surface area contributed by atoms with Gasteiger partial charge in [-0.05, 0) is 45.2 Å². The molecule has 0 aliphatic heterocycles. The minimum absolute atomic E-state index is 0.0974. The molecule has 2 nitrogen and oxygen atoms in total. The number of aromatic nitrogens is 1. The van der Waals surface area contributed by atoms with Crippen LogP contribution in [-0.2, 0) is 11.0 Å². The van der Waals surface area contributed by atoms with Crippen LogP contribution in [0.4, 0.5) is 0 Å².